The van der Waals surface area contributed by atoms with Crippen LogP contribution >= 0.6 is 0 Å². The summed E-state index contributed by atoms with van der Waals surface area (Å²) in [5.41, 5.74) is 0.882. The zero-order chi connectivity index (χ0) is 16.1. The second kappa shape index (κ2) is 12.3. The van der Waals surface area contributed by atoms with Gasteiger partial charge in [-0.25, -0.2) is 0 Å². The van der Waals surface area contributed by atoms with Gasteiger partial charge in [-0.1, -0.05) is 0 Å². The van der Waals surface area contributed by atoms with E-state index in [1.54, 1.807) is 0 Å². The van der Waals surface area contributed by atoms with E-state index in [1.165, 1.54) is 57.9 Å². The topological polar surface area (TPSA) is 37.3 Å². The number of carbonyl (C=O) groups is 1. The van der Waals surface area contributed by atoms with Gasteiger partial charge >= 0.3 is 136 Å². The molecule has 3 heteroatoms. The third-order valence-corrected chi connectivity index (χ3v) is 18.2. The summed E-state index contributed by atoms with van der Waals surface area (Å²) in [6, 6.07) is 0. The van der Waals surface area contributed by atoms with Gasteiger partial charge in [0, 0.05) is 0 Å². The zero-order valence-corrected chi connectivity index (χ0v) is 17.3. The molecule has 0 radical (unpaired) electrons. The van der Waals surface area contributed by atoms with E-state index in [4.69, 9.17) is 5.11 Å². The van der Waals surface area contributed by atoms with Gasteiger partial charge < -0.3 is 0 Å². The van der Waals surface area contributed by atoms with E-state index in [9.17, 15) is 4.79 Å². The third-order valence-electron chi connectivity index (χ3n) is 4.14. The van der Waals surface area contributed by atoms with Gasteiger partial charge in [-0.05, 0) is 0 Å². The van der Waals surface area contributed by atoms with Crippen molar-refractivity contribution >= 4 is 24.3 Å². The molecule has 0 unspecified atom stereocenters. The van der Waals surface area contributed by atoms with Gasteiger partial charge in [-0.15, -0.1) is 0 Å². The van der Waals surface area contributed by atoms with E-state index in [-0.39, 0.29) is 0 Å². The number of carboxylic acids is 1. The molecule has 0 atom stereocenters. The Balaban J connectivity index is 5.09. The summed E-state index contributed by atoms with van der Waals surface area (Å²) < 4.78 is 6.82. The van der Waals surface area contributed by atoms with Crippen molar-refractivity contribution in [3.05, 3.63) is 21.8 Å². The van der Waals surface area contributed by atoms with Crippen LogP contribution in [0.25, 0.3) is 0 Å². The molecule has 0 aromatic heterocycles. The van der Waals surface area contributed by atoms with Crippen molar-refractivity contribution in [3.63, 3.8) is 0 Å². The molecule has 1 N–H and O–H groups in total. The fourth-order valence-corrected chi connectivity index (χ4v) is 17.1. The molecular formula is C18H34O2Sn. The molecule has 2 nitrogen and oxygen atoms in total. The van der Waals surface area contributed by atoms with Crippen LogP contribution in [0.4, 0.5) is 0 Å². The Labute approximate surface area is 135 Å². The first-order valence-electron chi connectivity index (χ1n) is 8.60. The predicted molar refractivity (Wildman–Crippen MR) is 95.4 cm³/mol. The first-order valence-corrected chi connectivity index (χ1v) is 16.3. The summed E-state index contributed by atoms with van der Waals surface area (Å²) in [6.07, 6.45) is 11.3. The number of hydrogen-bond acceptors (Lipinski definition) is 1. The summed E-state index contributed by atoms with van der Waals surface area (Å²) in [6.45, 7) is 8.72. The number of hydrogen-bond donors (Lipinski definition) is 1. The number of carboxylic acid groups (broad SMARTS) is 1. The second-order valence-electron chi connectivity index (χ2n) is 6.23. The van der Waals surface area contributed by atoms with Gasteiger partial charge in [-0.2, -0.15) is 0 Å². The summed E-state index contributed by atoms with van der Waals surface area (Å²) in [5, 5.41) is 8.84. The van der Waals surface area contributed by atoms with E-state index < -0.39 is 24.3 Å². The van der Waals surface area contributed by atoms with Crippen molar-refractivity contribution in [2.75, 3.05) is 0 Å². The monoisotopic (exact) mass is 402 g/mol. The number of aliphatic carboxylic acids is 1. The Morgan fingerprint density at radius 3 is 1.71 bits per heavy atom. The Kier molecular flexibility index (Phi) is 12.2. The molecule has 0 aromatic rings. The fourth-order valence-electron chi connectivity index (χ4n) is 2.76. The van der Waals surface area contributed by atoms with Crippen LogP contribution in [0.2, 0.25) is 13.3 Å². The van der Waals surface area contributed by atoms with Gasteiger partial charge in [0.05, 0.1) is 0 Å². The first kappa shape index (κ1) is 20.7. The molecule has 0 aliphatic rings. The molecule has 0 amide bonds. The first-order chi connectivity index (χ1) is 9.99. The molecule has 0 aromatic carbocycles. The van der Waals surface area contributed by atoms with E-state index in [1.807, 2.05) is 6.92 Å². The number of unbranched alkanes of at least 4 members (excludes halogenated alkanes) is 3. The minimum absolute atomic E-state index is 0.839. The van der Waals surface area contributed by atoms with E-state index >= 15 is 0 Å². The summed E-state index contributed by atoms with van der Waals surface area (Å²) in [5.74, 6) is -0.839. The Hall–Kier alpha value is -0.251. The van der Waals surface area contributed by atoms with Gasteiger partial charge in [0.25, 0.3) is 0 Å². The van der Waals surface area contributed by atoms with Crippen molar-refractivity contribution in [1.82, 2.24) is 0 Å². The molecule has 0 fully saturated rings. The van der Waals surface area contributed by atoms with Crippen LogP contribution in [0.1, 0.15) is 66.2 Å². The molecule has 0 aliphatic carbocycles. The maximum atomic E-state index is 10.8. The molecule has 0 bridgehead atoms. The Morgan fingerprint density at radius 1 is 0.952 bits per heavy atom. The van der Waals surface area contributed by atoms with Gasteiger partial charge in [0.1, 0.15) is 0 Å². The van der Waals surface area contributed by atoms with Crippen molar-refractivity contribution in [2.24, 2.45) is 0 Å². The van der Waals surface area contributed by atoms with Crippen LogP contribution in [0.3, 0.4) is 0 Å². The summed E-state index contributed by atoms with van der Waals surface area (Å²) >= 11 is -2.23. The molecule has 122 valence electrons. The summed E-state index contributed by atoms with van der Waals surface area (Å²) in [7, 11) is 0. The Bertz CT molecular complexity index is 323. The van der Waals surface area contributed by atoms with Crippen molar-refractivity contribution in [3.8, 4) is 0 Å². The quantitative estimate of drug-likeness (QED) is 0.249. The third kappa shape index (κ3) is 10.2. The summed E-state index contributed by atoms with van der Waals surface area (Å²) in [4.78, 5) is 10.8. The van der Waals surface area contributed by atoms with Crippen LogP contribution in [0.5, 0.6) is 0 Å². The SMILES string of the molecule is CCC[CH2][Sn](/[CH]=C/C(C)=C\C(=O)O)([CH2]CCC)[CH2]CCC. The molecule has 21 heavy (non-hydrogen) atoms. The van der Waals surface area contributed by atoms with E-state index in [0.717, 1.165) is 5.57 Å². The Morgan fingerprint density at radius 2 is 1.38 bits per heavy atom. The van der Waals surface area contributed by atoms with E-state index in [0.29, 0.717) is 0 Å². The van der Waals surface area contributed by atoms with E-state index in [2.05, 4.69) is 30.9 Å². The molecular weight excluding hydrogens is 367 g/mol. The zero-order valence-electron chi connectivity index (χ0n) is 14.5. The number of allylic oxidation sites excluding steroid dienone is 2. The van der Waals surface area contributed by atoms with Gasteiger partial charge in [0.15, 0.2) is 0 Å². The molecule has 0 saturated carbocycles. The van der Waals surface area contributed by atoms with Gasteiger partial charge in [0.2, 0.25) is 0 Å². The minimum atomic E-state index is -2.23. The maximum absolute atomic E-state index is 10.8. The van der Waals surface area contributed by atoms with Crippen LogP contribution in [-0.2, 0) is 4.79 Å². The van der Waals surface area contributed by atoms with Crippen LogP contribution in [-0.4, -0.2) is 29.5 Å². The molecule has 0 rings (SSSR count). The molecule has 0 saturated heterocycles. The van der Waals surface area contributed by atoms with Crippen LogP contribution in [0.15, 0.2) is 21.8 Å². The van der Waals surface area contributed by atoms with Crippen molar-refractivity contribution in [1.29, 1.82) is 0 Å². The van der Waals surface area contributed by atoms with Gasteiger partial charge in [-0.3, -0.25) is 0 Å². The average molecular weight is 401 g/mol. The van der Waals surface area contributed by atoms with Crippen LogP contribution < -0.4 is 0 Å². The predicted octanol–water partition coefficient (Wildman–Crippen LogP) is 5.96. The fraction of sp³-hybridized carbons (Fsp3) is 0.722. The molecule has 0 spiro atoms. The molecule has 0 heterocycles. The normalized spacial score (nSPS) is 13.0. The number of rotatable bonds is 12. The molecule has 0 aliphatic heterocycles. The second-order valence-corrected chi connectivity index (χ2v) is 19.2. The standard InChI is InChI=1S/C6H7O2.3C4H9.Sn/c1-3-5(2)4-6(7)8;3*1-3-4-2;/h1,3-4H,2H3,(H,7,8);3*1,3-4H2,2H3;/b3-1?,5-4-;;;;. The van der Waals surface area contributed by atoms with Crippen molar-refractivity contribution < 1.29 is 9.90 Å². The average Bonchev–Trinajstić information content (AvgIpc) is 2.45. The van der Waals surface area contributed by atoms with Crippen LogP contribution in [0, 0.1) is 0 Å². The van der Waals surface area contributed by atoms with Crippen molar-refractivity contribution in [2.45, 2.75) is 79.5 Å².